The van der Waals surface area contributed by atoms with Crippen molar-refractivity contribution in [3.05, 3.63) is 29.8 Å². The molecule has 0 saturated carbocycles. The molecule has 0 aromatic heterocycles. The van der Waals surface area contributed by atoms with Crippen LogP contribution in [0.4, 0.5) is 5.69 Å². The molecule has 7 heteroatoms. The Morgan fingerprint density at radius 2 is 2.05 bits per heavy atom. The number of amides is 1. The summed E-state index contributed by atoms with van der Waals surface area (Å²) in [4.78, 5) is 14.2. The molecule has 1 atom stereocenters. The van der Waals surface area contributed by atoms with Crippen molar-refractivity contribution in [2.75, 3.05) is 29.7 Å². The van der Waals surface area contributed by atoms with Crippen molar-refractivity contribution in [3.8, 4) is 0 Å². The quantitative estimate of drug-likeness (QED) is 0.874. The molecular formula is C15H20N2O4S. The molecule has 6 nitrogen and oxygen atoms in total. The molecule has 0 unspecified atom stereocenters. The van der Waals surface area contributed by atoms with E-state index in [9.17, 15) is 18.3 Å². The highest BCUT2D eigenvalue weighted by Crippen LogP contribution is 2.25. The van der Waals surface area contributed by atoms with Gasteiger partial charge in [0.1, 0.15) is 0 Å². The van der Waals surface area contributed by atoms with Gasteiger partial charge < -0.3 is 10.0 Å². The van der Waals surface area contributed by atoms with Crippen LogP contribution in [0.25, 0.3) is 0 Å². The zero-order chi connectivity index (χ0) is 15.7. The Hall–Kier alpha value is -1.60. The molecule has 120 valence electrons. The summed E-state index contributed by atoms with van der Waals surface area (Å²) in [6.45, 7) is 1.43. The molecule has 2 heterocycles. The van der Waals surface area contributed by atoms with Crippen molar-refractivity contribution >= 4 is 21.6 Å². The van der Waals surface area contributed by atoms with Crippen LogP contribution in [0.3, 0.4) is 0 Å². The Kier molecular flexibility index (Phi) is 4.10. The molecule has 2 fully saturated rings. The van der Waals surface area contributed by atoms with Gasteiger partial charge in [0.15, 0.2) is 0 Å². The highest BCUT2D eigenvalue weighted by Gasteiger charge is 2.29. The second kappa shape index (κ2) is 5.89. The van der Waals surface area contributed by atoms with Crippen LogP contribution in [0.1, 0.15) is 29.6 Å². The molecule has 0 bridgehead atoms. The summed E-state index contributed by atoms with van der Waals surface area (Å²) >= 11 is 0. The number of likely N-dealkylation sites (tertiary alicyclic amines) is 1. The van der Waals surface area contributed by atoms with E-state index in [2.05, 4.69) is 0 Å². The Bertz CT molecular complexity index is 674. The van der Waals surface area contributed by atoms with E-state index in [4.69, 9.17) is 0 Å². The Morgan fingerprint density at radius 3 is 2.73 bits per heavy atom. The van der Waals surface area contributed by atoms with Crippen LogP contribution in [0.15, 0.2) is 24.3 Å². The molecule has 2 aliphatic rings. The highest BCUT2D eigenvalue weighted by atomic mass is 32.2. The molecule has 0 radical (unpaired) electrons. The maximum Gasteiger partial charge on any atom is 0.254 e. The van der Waals surface area contributed by atoms with Crippen LogP contribution < -0.4 is 4.31 Å². The van der Waals surface area contributed by atoms with Crippen LogP contribution in [-0.4, -0.2) is 55.8 Å². The van der Waals surface area contributed by atoms with Gasteiger partial charge in [0, 0.05) is 25.2 Å². The maximum absolute atomic E-state index is 12.5. The number of rotatable bonds is 2. The molecule has 1 aromatic rings. The lowest BCUT2D eigenvalue weighted by Gasteiger charge is -2.30. The lowest BCUT2D eigenvalue weighted by atomic mass is 10.1. The van der Waals surface area contributed by atoms with Crippen molar-refractivity contribution < 1.29 is 18.3 Å². The fourth-order valence-electron chi connectivity index (χ4n) is 3.05. The summed E-state index contributed by atoms with van der Waals surface area (Å²) in [7, 11) is -3.25. The number of hydrogen-bond acceptors (Lipinski definition) is 4. The van der Waals surface area contributed by atoms with Gasteiger partial charge in [-0.15, -0.1) is 0 Å². The molecule has 0 spiro atoms. The van der Waals surface area contributed by atoms with Gasteiger partial charge in [-0.2, -0.15) is 0 Å². The normalized spacial score (nSPS) is 24.5. The first-order valence-corrected chi connectivity index (χ1v) is 9.16. The molecule has 1 amide bonds. The van der Waals surface area contributed by atoms with Crippen molar-refractivity contribution in [1.29, 1.82) is 0 Å². The van der Waals surface area contributed by atoms with E-state index in [1.165, 1.54) is 4.31 Å². The second-order valence-corrected chi connectivity index (χ2v) is 7.85. The van der Waals surface area contributed by atoms with Crippen molar-refractivity contribution in [3.63, 3.8) is 0 Å². The number of hydrogen-bond donors (Lipinski definition) is 1. The van der Waals surface area contributed by atoms with Crippen LogP contribution in [-0.2, 0) is 10.0 Å². The van der Waals surface area contributed by atoms with E-state index in [0.717, 1.165) is 12.8 Å². The summed E-state index contributed by atoms with van der Waals surface area (Å²) in [5, 5.41) is 9.69. The predicted molar refractivity (Wildman–Crippen MR) is 83.3 cm³/mol. The number of carbonyl (C=O) groups excluding carboxylic acids is 1. The van der Waals surface area contributed by atoms with E-state index < -0.39 is 16.1 Å². The largest absolute Gasteiger partial charge is 0.391 e. The maximum atomic E-state index is 12.5. The minimum atomic E-state index is -3.25. The number of sulfonamides is 1. The smallest absolute Gasteiger partial charge is 0.254 e. The molecular weight excluding hydrogens is 304 g/mol. The van der Waals surface area contributed by atoms with E-state index in [-0.39, 0.29) is 11.7 Å². The fourth-order valence-corrected chi connectivity index (χ4v) is 4.60. The second-order valence-electron chi connectivity index (χ2n) is 5.84. The summed E-state index contributed by atoms with van der Waals surface area (Å²) in [6, 6.07) is 6.74. The van der Waals surface area contributed by atoms with Gasteiger partial charge in [0.2, 0.25) is 10.0 Å². The van der Waals surface area contributed by atoms with Crippen LogP contribution in [0.2, 0.25) is 0 Å². The third kappa shape index (κ3) is 2.96. The van der Waals surface area contributed by atoms with Gasteiger partial charge in [-0.25, -0.2) is 8.42 Å². The zero-order valence-electron chi connectivity index (χ0n) is 12.3. The highest BCUT2D eigenvalue weighted by molar-refractivity contribution is 7.93. The van der Waals surface area contributed by atoms with Gasteiger partial charge in [-0.05, 0) is 37.5 Å². The summed E-state index contributed by atoms with van der Waals surface area (Å²) in [5.74, 6) is 0.000866. The third-order valence-corrected chi connectivity index (χ3v) is 6.03. The van der Waals surface area contributed by atoms with E-state index in [1.807, 2.05) is 0 Å². The van der Waals surface area contributed by atoms with Crippen molar-refractivity contribution in [1.82, 2.24) is 4.90 Å². The number of anilines is 1. The molecule has 2 aliphatic heterocycles. The lowest BCUT2D eigenvalue weighted by Crippen LogP contribution is -2.42. The standard InChI is InChI=1S/C15H20N2O4S/c18-14-6-2-7-16(11-14)15(19)12-4-1-5-13(10-12)17-8-3-9-22(17,20)21/h1,4-5,10,14,18H,2-3,6-9,11H2/t14-/m1/s1. The average molecular weight is 324 g/mol. The Balaban J connectivity index is 1.83. The number of aliphatic hydroxyl groups excluding tert-OH is 1. The van der Waals surface area contributed by atoms with Gasteiger partial charge in [0.05, 0.1) is 17.5 Å². The molecule has 22 heavy (non-hydrogen) atoms. The predicted octanol–water partition coefficient (Wildman–Crippen LogP) is 0.823. The number of benzene rings is 1. The third-order valence-electron chi connectivity index (χ3n) is 4.16. The first-order chi connectivity index (χ1) is 10.5. The van der Waals surface area contributed by atoms with Crippen molar-refractivity contribution in [2.45, 2.75) is 25.4 Å². The lowest BCUT2D eigenvalue weighted by molar-refractivity contribution is 0.0474. The fraction of sp³-hybridized carbons (Fsp3) is 0.533. The first kappa shape index (κ1) is 15.3. The summed E-state index contributed by atoms with van der Waals surface area (Å²) in [6.07, 6.45) is 1.64. The minimum Gasteiger partial charge on any atom is -0.391 e. The van der Waals surface area contributed by atoms with Gasteiger partial charge >= 0.3 is 0 Å². The molecule has 1 N–H and O–H groups in total. The summed E-state index contributed by atoms with van der Waals surface area (Å²) < 4.78 is 25.3. The van der Waals surface area contributed by atoms with Crippen LogP contribution >= 0.6 is 0 Å². The minimum absolute atomic E-state index is 0.155. The molecule has 3 rings (SSSR count). The SMILES string of the molecule is O=C(c1cccc(N2CCCS2(=O)=O)c1)N1CCC[C@@H](O)C1. The van der Waals surface area contributed by atoms with Gasteiger partial charge in [0.25, 0.3) is 5.91 Å². The monoisotopic (exact) mass is 324 g/mol. The Labute approximate surface area is 130 Å². The Morgan fingerprint density at radius 1 is 1.23 bits per heavy atom. The molecule has 2 saturated heterocycles. The number of nitrogens with zero attached hydrogens (tertiary/aromatic N) is 2. The topological polar surface area (TPSA) is 77.9 Å². The zero-order valence-corrected chi connectivity index (χ0v) is 13.1. The molecule has 1 aromatic carbocycles. The van der Waals surface area contributed by atoms with Crippen LogP contribution in [0, 0.1) is 0 Å². The number of aliphatic hydroxyl groups is 1. The molecule has 0 aliphatic carbocycles. The van der Waals surface area contributed by atoms with Gasteiger partial charge in [-0.1, -0.05) is 6.07 Å². The van der Waals surface area contributed by atoms with Crippen LogP contribution in [0.5, 0.6) is 0 Å². The number of piperidine rings is 1. The average Bonchev–Trinajstić information content (AvgIpc) is 2.86. The number of carbonyl (C=O) groups is 1. The van der Waals surface area contributed by atoms with E-state index in [0.29, 0.717) is 37.3 Å². The first-order valence-electron chi connectivity index (χ1n) is 7.55. The van der Waals surface area contributed by atoms with Crippen molar-refractivity contribution in [2.24, 2.45) is 0 Å². The van der Waals surface area contributed by atoms with Gasteiger partial charge in [-0.3, -0.25) is 9.10 Å². The van der Waals surface area contributed by atoms with E-state index >= 15 is 0 Å². The number of β-amino-alcohol motifs (C(OH)–C–C–N with tert-alkyl or cyclic N) is 1. The summed E-state index contributed by atoms with van der Waals surface area (Å²) in [5.41, 5.74) is 1.01. The van der Waals surface area contributed by atoms with E-state index in [1.54, 1.807) is 29.2 Å².